The molecule has 0 aliphatic heterocycles. The van der Waals surface area contributed by atoms with Crippen molar-refractivity contribution in [2.24, 2.45) is 7.05 Å². The first-order valence-electron chi connectivity index (χ1n) is 5.56. The zero-order valence-electron chi connectivity index (χ0n) is 10.4. The molecule has 0 bridgehead atoms. The van der Waals surface area contributed by atoms with E-state index in [1.54, 1.807) is 31.3 Å². The zero-order valence-corrected chi connectivity index (χ0v) is 12.8. The van der Waals surface area contributed by atoms with E-state index in [1.165, 1.54) is 4.68 Å². The predicted octanol–water partition coefficient (Wildman–Crippen LogP) is 1.21. The van der Waals surface area contributed by atoms with Crippen LogP contribution in [0.4, 0.5) is 0 Å². The van der Waals surface area contributed by atoms with Gasteiger partial charge in [0, 0.05) is 17.1 Å². The second-order valence-corrected chi connectivity index (χ2v) is 5.78. The molecule has 0 fully saturated rings. The first-order chi connectivity index (χ1) is 9.47. The Kier molecular flexibility index (Phi) is 4.56. The molecule has 2 aromatic rings. The number of halogens is 1. The van der Waals surface area contributed by atoms with E-state index in [9.17, 15) is 14.4 Å². The van der Waals surface area contributed by atoms with Crippen LogP contribution in [-0.4, -0.2) is 26.3 Å². The van der Waals surface area contributed by atoms with Crippen LogP contribution in [0.15, 0.2) is 43.5 Å². The van der Waals surface area contributed by atoms with Crippen molar-refractivity contribution >= 4 is 33.5 Å². The van der Waals surface area contributed by atoms with E-state index in [2.05, 4.69) is 26.0 Å². The number of benzene rings is 1. The van der Waals surface area contributed by atoms with Crippen molar-refractivity contribution in [1.82, 2.24) is 14.8 Å². The van der Waals surface area contributed by atoms with Crippen LogP contribution in [0.1, 0.15) is 10.4 Å². The molecule has 0 saturated carbocycles. The molecule has 0 aliphatic rings. The number of nitrogens with zero attached hydrogens (tertiary/aromatic N) is 2. The van der Waals surface area contributed by atoms with Crippen LogP contribution in [-0.2, 0) is 7.05 Å². The maximum atomic E-state index is 12.0. The number of carbonyl (C=O) groups excluding carboxylic acids is 1. The fraction of sp³-hybridized carbons (Fsp3) is 0.167. The van der Waals surface area contributed by atoms with Gasteiger partial charge in [0.15, 0.2) is 10.9 Å². The smallest absolute Gasteiger partial charge is 0.293 e. The van der Waals surface area contributed by atoms with Gasteiger partial charge in [0.05, 0.1) is 5.75 Å². The summed E-state index contributed by atoms with van der Waals surface area (Å²) in [5.41, 5.74) is -1.06. The van der Waals surface area contributed by atoms with Gasteiger partial charge in [-0.3, -0.25) is 24.2 Å². The monoisotopic (exact) mass is 355 g/mol. The molecule has 104 valence electrons. The second kappa shape index (κ2) is 6.19. The third-order valence-corrected chi connectivity index (χ3v) is 4.00. The molecule has 6 nitrogen and oxygen atoms in total. The topological polar surface area (TPSA) is 84.8 Å². The quantitative estimate of drug-likeness (QED) is 0.506. The minimum atomic E-state index is -0.860. The molecular formula is C12H10BrN3O3S. The highest BCUT2D eigenvalue weighted by atomic mass is 79.9. The number of aromatic nitrogens is 3. The van der Waals surface area contributed by atoms with Crippen LogP contribution in [0.5, 0.6) is 0 Å². The van der Waals surface area contributed by atoms with Crippen LogP contribution in [0.3, 0.4) is 0 Å². The first-order valence-corrected chi connectivity index (χ1v) is 7.34. The van der Waals surface area contributed by atoms with E-state index in [4.69, 9.17) is 0 Å². The number of rotatable bonds is 4. The zero-order chi connectivity index (χ0) is 14.7. The van der Waals surface area contributed by atoms with Crippen molar-refractivity contribution < 1.29 is 4.79 Å². The average Bonchev–Trinajstić information content (AvgIpc) is 2.42. The van der Waals surface area contributed by atoms with Crippen molar-refractivity contribution in [2.45, 2.75) is 5.16 Å². The largest absolute Gasteiger partial charge is 0.339 e. The Morgan fingerprint density at radius 2 is 2.00 bits per heavy atom. The van der Waals surface area contributed by atoms with Gasteiger partial charge in [-0.05, 0) is 12.1 Å². The number of thioether (sulfide) groups is 1. The summed E-state index contributed by atoms with van der Waals surface area (Å²) in [5, 5.41) is 2.62. The Bertz CT molecular complexity index is 752. The highest BCUT2D eigenvalue weighted by Gasteiger charge is 2.10. The lowest BCUT2D eigenvalue weighted by molar-refractivity contribution is 0.102. The van der Waals surface area contributed by atoms with Gasteiger partial charge in [-0.15, -0.1) is 0 Å². The fourth-order valence-corrected chi connectivity index (χ4v) is 2.52. The lowest BCUT2D eigenvalue weighted by Gasteiger charge is -2.05. The molecule has 20 heavy (non-hydrogen) atoms. The number of Topliss-reactive ketones (excluding diaryl/α,β-unsaturated/α-hetero) is 1. The van der Waals surface area contributed by atoms with Crippen LogP contribution < -0.4 is 11.1 Å². The summed E-state index contributed by atoms with van der Waals surface area (Å²) >= 11 is 4.39. The summed E-state index contributed by atoms with van der Waals surface area (Å²) in [6.07, 6.45) is 0. The second-order valence-electron chi connectivity index (χ2n) is 3.92. The minimum Gasteiger partial charge on any atom is -0.293 e. The molecule has 1 aromatic heterocycles. The lowest BCUT2D eigenvalue weighted by atomic mass is 10.2. The number of ketones is 1. The molecule has 0 amide bonds. The fourth-order valence-electron chi connectivity index (χ4n) is 1.44. The molecule has 2 rings (SSSR count). The van der Waals surface area contributed by atoms with Gasteiger partial charge in [0.25, 0.3) is 0 Å². The van der Waals surface area contributed by atoms with Gasteiger partial charge < -0.3 is 0 Å². The molecule has 0 saturated heterocycles. The van der Waals surface area contributed by atoms with E-state index in [1.807, 2.05) is 0 Å². The molecule has 8 heteroatoms. The average molecular weight is 356 g/mol. The number of aryl methyl sites for hydroxylation is 1. The van der Waals surface area contributed by atoms with Crippen molar-refractivity contribution in [2.75, 3.05) is 5.75 Å². The number of nitrogens with one attached hydrogen (secondary N) is 1. The maximum Gasteiger partial charge on any atom is 0.339 e. The first kappa shape index (κ1) is 14.7. The number of hydrogen-bond donors (Lipinski definition) is 1. The Balaban J connectivity index is 2.11. The lowest BCUT2D eigenvalue weighted by Crippen LogP contribution is -2.34. The van der Waals surface area contributed by atoms with Crippen LogP contribution >= 0.6 is 27.7 Å². The Morgan fingerprint density at radius 3 is 2.65 bits per heavy atom. The van der Waals surface area contributed by atoms with E-state index in [0.717, 1.165) is 16.2 Å². The molecule has 0 unspecified atom stereocenters. The molecule has 0 spiro atoms. The van der Waals surface area contributed by atoms with Crippen LogP contribution in [0.2, 0.25) is 0 Å². The molecule has 1 aromatic carbocycles. The van der Waals surface area contributed by atoms with Crippen LogP contribution in [0, 0.1) is 0 Å². The third-order valence-electron chi connectivity index (χ3n) is 2.45. The van der Waals surface area contributed by atoms with Crippen molar-refractivity contribution in [3.63, 3.8) is 0 Å². The highest BCUT2D eigenvalue weighted by molar-refractivity contribution is 9.10. The summed E-state index contributed by atoms with van der Waals surface area (Å²) in [6, 6.07) is 7.00. The Hall–Kier alpha value is -1.67. The van der Waals surface area contributed by atoms with E-state index < -0.39 is 11.1 Å². The van der Waals surface area contributed by atoms with Gasteiger partial charge in [-0.2, -0.15) is 4.98 Å². The Labute approximate surface area is 126 Å². The number of carbonyl (C=O) groups is 1. The van der Waals surface area contributed by atoms with Gasteiger partial charge in [0.1, 0.15) is 0 Å². The van der Waals surface area contributed by atoms with Gasteiger partial charge in [-0.1, -0.05) is 39.8 Å². The Morgan fingerprint density at radius 1 is 1.35 bits per heavy atom. The van der Waals surface area contributed by atoms with E-state index in [-0.39, 0.29) is 11.5 Å². The molecule has 0 radical (unpaired) electrons. The van der Waals surface area contributed by atoms with E-state index >= 15 is 0 Å². The number of aromatic amines is 1. The summed E-state index contributed by atoms with van der Waals surface area (Å²) in [7, 11) is 1.56. The molecule has 0 atom stereocenters. The number of H-pyrrole nitrogens is 1. The molecular weight excluding hydrogens is 346 g/mol. The van der Waals surface area contributed by atoms with Gasteiger partial charge >= 0.3 is 11.1 Å². The standard InChI is InChI=1S/C12H10BrN3O3S/c1-16-12(14-10(18)11(19)15-16)20-6-9(17)7-2-4-8(13)5-3-7/h2-5H,6H2,1H3,(H,15,19). The van der Waals surface area contributed by atoms with Gasteiger partial charge in [0.2, 0.25) is 0 Å². The minimum absolute atomic E-state index is 0.0806. The van der Waals surface area contributed by atoms with Gasteiger partial charge in [-0.25, -0.2) is 0 Å². The number of hydrogen-bond acceptors (Lipinski definition) is 5. The van der Waals surface area contributed by atoms with Crippen molar-refractivity contribution in [1.29, 1.82) is 0 Å². The highest BCUT2D eigenvalue weighted by Crippen LogP contribution is 2.16. The summed E-state index contributed by atoms with van der Waals surface area (Å²) in [5.74, 6) is 0.0523. The molecule has 0 aliphatic carbocycles. The summed E-state index contributed by atoms with van der Waals surface area (Å²) in [4.78, 5) is 37.8. The van der Waals surface area contributed by atoms with Crippen molar-refractivity contribution in [3.8, 4) is 0 Å². The molecule has 1 heterocycles. The van der Waals surface area contributed by atoms with Crippen molar-refractivity contribution in [3.05, 3.63) is 55.0 Å². The molecule has 1 N–H and O–H groups in total. The predicted molar refractivity (Wildman–Crippen MR) is 79.3 cm³/mol. The maximum absolute atomic E-state index is 12.0. The third kappa shape index (κ3) is 3.45. The van der Waals surface area contributed by atoms with E-state index in [0.29, 0.717) is 10.7 Å². The van der Waals surface area contributed by atoms with Crippen LogP contribution in [0.25, 0.3) is 0 Å². The normalized spacial score (nSPS) is 10.5. The summed E-state index contributed by atoms with van der Waals surface area (Å²) < 4.78 is 2.22. The SMILES string of the molecule is Cn1[nH]c(=O)c(=O)nc1SCC(=O)c1ccc(Br)cc1. The summed E-state index contributed by atoms with van der Waals surface area (Å²) in [6.45, 7) is 0.